The van der Waals surface area contributed by atoms with Gasteiger partial charge < -0.3 is 9.26 Å². The smallest absolute Gasteiger partial charge is 0.410 e. The molecule has 2 atom stereocenters. The molecule has 0 bridgehead atoms. The molecule has 1 saturated heterocycles. The molecule has 2 heterocycles. The minimum atomic E-state index is -4.56. The van der Waals surface area contributed by atoms with Crippen molar-refractivity contribution in [3.8, 4) is 0 Å². The summed E-state index contributed by atoms with van der Waals surface area (Å²) < 4.78 is 39.1. The number of likely N-dealkylation sites (tertiary alicyclic amines) is 1. The van der Waals surface area contributed by atoms with Crippen molar-refractivity contribution in [2.24, 2.45) is 0 Å². The number of nitrogens with zero attached hydrogens (tertiary/aromatic N) is 5. The second-order valence-electron chi connectivity index (χ2n) is 9.91. The number of benzene rings is 2. The van der Waals surface area contributed by atoms with Gasteiger partial charge in [0.1, 0.15) is 5.60 Å². The molecule has 0 radical (unpaired) electrons. The van der Waals surface area contributed by atoms with Gasteiger partial charge in [0.2, 0.25) is 6.39 Å². The molecule has 0 aliphatic carbocycles. The monoisotopic (exact) mass is 559 g/mol. The number of hydroxylamine groups is 1. The number of hydrogen-bond acceptors (Lipinski definition) is 10. The van der Waals surface area contributed by atoms with Crippen LogP contribution in [0.2, 0.25) is 0 Å². The number of para-hydroxylation sites is 1. The molecule has 4 rings (SSSR count). The number of carbonyl (C=O) groups is 1. The summed E-state index contributed by atoms with van der Waals surface area (Å²) in [6.45, 7) is 4.86. The predicted molar refractivity (Wildman–Crippen MR) is 136 cm³/mol. The molecular weight excluding hydrogens is 530 g/mol. The minimum absolute atomic E-state index is 0.127. The zero-order valence-corrected chi connectivity index (χ0v) is 22.5. The number of nitro groups is 1. The first-order valence-electron chi connectivity index (χ1n) is 12.2. The molecule has 13 nitrogen and oxygen atoms in total. The van der Waals surface area contributed by atoms with E-state index in [2.05, 4.69) is 10.1 Å². The molecule has 39 heavy (non-hydrogen) atoms. The molecule has 3 aromatic rings. The SMILES string of the molecule is CC(C)(C)OC(=O)N1CC(N(OCc2ccccc2)S(=O)(=O)c2ccccc2[N+](=O)[O-])CCC1c1ncon1. The second-order valence-corrected chi connectivity index (χ2v) is 11.7. The van der Waals surface area contributed by atoms with Crippen molar-refractivity contribution in [2.75, 3.05) is 6.54 Å². The van der Waals surface area contributed by atoms with Crippen molar-refractivity contribution in [1.29, 1.82) is 0 Å². The number of carbonyl (C=O) groups excluding carboxylic acids is 1. The molecule has 14 heteroatoms. The van der Waals surface area contributed by atoms with E-state index in [1.807, 2.05) is 6.07 Å². The molecule has 2 aromatic carbocycles. The van der Waals surface area contributed by atoms with E-state index in [1.165, 1.54) is 17.0 Å². The Morgan fingerprint density at radius 1 is 1.15 bits per heavy atom. The van der Waals surface area contributed by atoms with E-state index in [4.69, 9.17) is 14.1 Å². The summed E-state index contributed by atoms with van der Waals surface area (Å²) in [5.74, 6) is 0.248. The van der Waals surface area contributed by atoms with Crippen LogP contribution in [0.15, 0.2) is 70.4 Å². The summed E-state index contributed by atoms with van der Waals surface area (Å²) in [6, 6.07) is 12.4. The Labute approximate surface area is 225 Å². The fraction of sp³-hybridized carbons (Fsp3) is 0.400. The van der Waals surface area contributed by atoms with E-state index >= 15 is 0 Å². The molecule has 1 aliphatic rings. The molecular formula is C25H29N5O8S. The van der Waals surface area contributed by atoms with Crippen LogP contribution in [-0.2, 0) is 26.2 Å². The van der Waals surface area contributed by atoms with Crippen LogP contribution >= 0.6 is 0 Å². The van der Waals surface area contributed by atoms with Crippen LogP contribution in [0.3, 0.4) is 0 Å². The van der Waals surface area contributed by atoms with E-state index in [1.54, 1.807) is 45.0 Å². The number of aromatic nitrogens is 2. The van der Waals surface area contributed by atoms with Crippen molar-refractivity contribution >= 4 is 21.8 Å². The van der Waals surface area contributed by atoms with Gasteiger partial charge in [0.15, 0.2) is 10.7 Å². The van der Waals surface area contributed by atoms with Crippen molar-refractivity contribution in [1.82, 2.24) is 19.5 Å². The fourth-order valence-electron chi connectivity index (χ4n) is 4.25. The standard InChI is InChI=1S/C25H29N5O8S/c1-25(2,3)38-24(31)28-15-19(13-14-21(28)23-26-17-36-27-23)30(37-16-18-9-5-4-6-10-18)39(34,35)22-12-8-7-11-20(22)29(32)33/h4-12,17,19,21H,13-16H2,1-3H3. The third kappa shape index (κ3) is 6.58. The van der Waals surface area contributed by atoms with E-state index in [0.717, 1.165) is 23.0 Å². The summed E-state index contributed by atoms with van der Waals surface area (Å²) in [5, 5.41) is 15.6. The van der Waals surface area contributed by atoms with Crippen molar-refractivity contribution < 1.29 is 32.2 Å². The van der Waals surface area contributed by atoms with Gasteiger partial charge in [-0.05, 0) is 45.2 Å². The van der Waals surface area contributed by atoms with E-state index < -0.39 is 49.3 Å². The Balaban J connectivity index is 1.72. The average Bonchev–Trinajstić information content (AvgIpc) is 3.43. The van der Waals surface area contributed by atoms with Gasteiger partial charge in [0, 0.05) is 12.6 Å². The lowest BCUT2D eigenvalue weighted by Crippen LogP contribution is -2.53. The van der Waals surface area contributed by atoms with Gasteiger partial charge in [-0.2, -0.15) is 4.98 Å². The highest BCUT2D eigenvalue weighted by Crippen LogP contribution is 2.36. The van der Waals surface area contributed by atoms with E-state index in [0.29, 0.717) is 5.56 Å². The van der Waals surface area contributed by atoms with Crippen LogP contribution in [0.4, 0.5) is 10.5 Å². The summed E-state index contributed by atoms with van der Waals surface area (Å²) in [7, 11) is -4.56. The maximum atomic E-state index is 13.9. The first-order valence-corrected chi connectivity index (χ1v) is 13.6. The third-order valence-electron chi connectivity index (χ3n) is 5.94. The van der Waals surface area contributed by atoms with Gasteiger partial charge in [-0.25, -0.2) is 13.2 Å². The number of sulfonamides is 1. The maximum absolute atomic E-state index is 13.9. The predicted octanol–water partition coefficient (Wildman–Crippen LogP) is 4.24. The Bertz CT molecular complexity index is 1390. The van der Waals surface area contributed by atoms with Crippen LogP contribution in [0.25, 0.3) is 0 Å². The Morgan fingerprint density at radius 3 is 2.49 bits per heavy atom. The molecule has 0 spiro atoms. The van der Waals surface area contributed by atoms with Crippen LogP contribution in [0.5, 0.6) is 0 Å². The van der Waals surface area contributed by atoms with E-state index in [-0.39, 0.29) is 31.8 Å². The highest BCUT2D eigenvalue weighted by molar-refractivity contribution is 7.89. The zero-order valence-electron chi connectivity index (χ0n) is 21.7. The van der Waals surface area contributed by atoms with Gasteiger partial charge >= 0.3 is 6.09 Å². The number of nitro benzene ring substituents is 1. The average molecular weight is 560 g/mol. The van der Waals surface area contributed by atoms with Crippen LogP contribution in [0.1, 0.15) is 51.0 Å². The molecule has 1 amide bonds. The van der Waals surface area contributed by atoms with Crippen LogP contribution in [-0.4, -0.2) is 57.1 Å². The highest BCUT2D eigenvalue weighted by Gasteiger charge is 2.44. The fourth-order valence-corrected chi connectivity index (χ4v) is 5.85. The summed E-state index contributed by atoms with van der Waals surface area (Å²) in [6.07, 6.45) is 0.921. The molecule has 1 aromatic heterocycles. The number of amides is 1. The minimum Gasteiger partial charge on any atom is -0.444 e. The van der Waals surface area contributed by atoms with Gasteiger partial charge in [0.25, 0.3) is 15.7 Å². The Kier molecular flexibility index (Phi) is 8.28. The van der Waals surface area contributed by atoms with Crippen LogP contribution in [0, 0.1) is 10.1 Å². The molecule has 2 unspecified atom stereocenters. The highest BCUT2D eigenvalue weighted by atomic mass is 32.2. The molecule has 1 fully saturated rings. The molecule has 0 saturated carbocycles. The van der Waals surface area contributed by atoms with Gasteiger partial charge in [-0.1, -0.05) is 52.1 Å². The number of piperidine rings is 1. The number of rotatable bonds is 8. The summed E-state index contributed by atoms with van der Waals surface area (Å²) in [5.41, 5.74) is -0.730. The first kappa shape index (κ1) is 28.1. The summed E-state index contributed by atoms with van der Waals surface area (Å²) in [4.78, 5) is 34.9. The van der Waals surface area contributed by atoms with Gasteiger partial charge in [0.05, 0.1) is 23.6 Å². The van der Waals surface area contributed by atoms with Gasteiger partial charge in [-0.15, -0.1) is 0 Å². The lowest BCUT2D eigenvalue weighted by Gasteiger charge is -2.41. The van der Waals surface area contributed by atoms with Crippen LogP contribution < -0.4 is 0 Å². The summed E-state index contributed by atoms with van der Waals surface area (Å²) >= 11 is 0. The third-order valence-corrected chi connectivity index (χ3v) is 7.72. The first-order chi connectivity index (χ1) is 18.5. The van der Waals surface area contributed by atoms with Crippen molar-refractivity contribution in [2.45, 2.75) is 62.8 Å². The molecule has 0 N–H and O–H groups in total. The number of hydrogen-bond donors (Lipinski definition) is 0. The van der Waals surface area contributed by atoms with Crippen molar-refractivity contribution in [3.63, 3.8) is 0 Å². The Hall–Kier alpha value is -3.88. The molecule has 208 valence electrons. The Morgan fingerprint density at radius 2 is 1.85 bits per heavy atom. The normalized spacial score (nSPS) is 18.2. The quantitative estimate of drug-likeness (QED) is 0.289. The topological polar surface area (TPSA) is 158 Å². The molecule has 1 aliphatic heterocycles. The number of ether oxygens (including phenoxy) is 1. The lowest BCUT2D eigenvalue weighted by atomic mass is 9.98. The maximum Gasteiger partial charge on any atom is 0.410 e. The van der Waals surface area contributed by atoms with Crippen molar-refractivity contribution in [3.05, 3.63) is 82.5 Å². The second kappa shape index (κ2) is 11.5. The largest absolute Gasteiger partial charge is 0.444 e. The lowest BCUT2D eigenvalue weighted by molar-refractivity contribution is -0.388. The van der Waals surface area contributed by atoms with E-state index in [9.17, 15) is 23.3 Å². The van der Waals surface area contributed by atoms with Gasteiger partial charge in [-0.3, -0.25) is 19.9 Å². The zero-order chi connectivity index (χ0) is 28.2.